The van der Waals surface area contributed by atoms with Crippen LogP contribution in [-0.4, -0.2) is 18.0 Å². The second-order valence-corrected chi connectivity index (χ2v) is 6.02. The standard InChI is InChI=1S/C15H18F3NO3/c1-13(2,3)22-12(21)19-14(4,9-20)10-5-7-11(8-6-10)15(16,17)18/h5-9H,1-4H3,(H,19,21). The van der Waals surface area contributed by atoms with Gasteiger partial charge in [-0.1, -0.05) is 12.1 Å². The summed E-state index contributed by atoms with van der Waals surface area (Å²) < 4.78 is 42.6. The smallest absolute Gasteiger partial charge is 0.416 e. The molecule has 0 radical (unpaired) electrons. The minimum atomic E-state index is -4.46. The number of hydrogen-bond donors (Lipinski definition) is 1. The third-order valence-corrected chi connectivity index (χ3v) is 2.81. The summed E-state index contributed by atoms with van der Waals surface area (Å²) in [4.78, 5) is 23.1. The van der Waals surface area contributed by atoms with E-state index in [-0.39, 0.29) is 5.56 Å². The van der Waals surface area contributed by atoms with Crippen LogP contribution in [0.15, 0.2) is 24.3 Å². The first-order valence-corrected chi connectivity index (χ1v) is 6.53. The number of aldehydes is 1. The van der Waals surface area contributed by atoms with E-state index in [0.717, 1.165) is 24.3 Å². The quantitative estimate of drug-likeness (QED) is 0.866. The summed E-state index contributed by atoms with van der Waals surface area (Å²) in [6.45, 7) is 6.35. The molecule has 1 rings (SSSR count). The largest absolute Gasteiger partial charge is 0.444 e. The Morgan fingerprint density at radius 2 is 1.50 bits per heavy atom. The van der Waals surface area contributed by atoms with Gasteiger partial charge in [0.25, 0.3) is 0 Å². The van der Waals surface area contributed by atoms with Crippen molar-refractivity contribution in [2.75, 3.05) is 0 Å². The van der Waals surface area contributed by atoms with Crippen molar-refractivity contribution in [3.05, 3.63) is 35.4 Å². The number of hydrogen-bond acceptors (Lipinski definition) is 3. The highest BCUT2D eigenvalue weighted by Gasteiger charge is 2.33. The molecular weight excluding hydrogens is 299 g/mol. The van der Waals surface area contributed by atoms with Crippen LogP contribution in [0.5, 0.6) is 0 Å². The van der Waals surface area contributed by atoms with Crippen molar-refractivity contribution in [1.82, 2.24) is 5.32 Å². The van der Waals surface area contributed by atoms with E-state index in [1.165, 1.54) is 6.92 Å². The first-order valence-electron chi connectivity index (χ1n) is 6.53. The molecule has 0 saturated heterocycles. The molecule has 1 aromatic carbocycles. The zero-order chi connectivity index (χ0) is 17.2. The summed E-state index contributed by atoms with van der Waals surface area (Å²) in [6, 6.07) is 4.00. The highest BCUT2D eigenvalue weighted by atomic mass is 19.4. The Morgan fingerprint density at radius 3 is 1.86 bits per heavy atom. The lowest BCUT2D eigenvalue weighted by molar-refractivity contribution is -0.137. The fourth-order valence-electron chi connectivity index (χ4n) is 1.69. The molecule has 4 nitrogen and oxygen atoms in total. The Kier molecular flexibility index (Phi) is 4.89. The maximum absolute atomic E-state index is 12.5. The van der Waals surface area contributed by atoms with E-state index in [9.17, 15) is 22.8 Å². The lowest BCUT2D eigenvalue weighted by atomic mass is 9.93. The second-order valence-electron chi connectivity index (χ2n) is 6.02. The van der Waals surface area contributed by atoms with Gasteiger partial charge in [-0.3, -0.25) is 0 Å². The first-order chi connectivity index (χ1) is 9.87. The molecule has 1 aromatic rings. The average Bonchev–Trinajstić information content (AvgIpc) is 2.35. The number of amides is 1. The Labute approximate surface area is 126 Å². The molecule has 1 atom stereocenters. The highest BCUT2D eigenvalue weighted by Crippen LogP contribution is 2.30. The molecular formula is C15H18F3NO3. The Bertz CT molecular complexity index is 547. The van der Waals surface area contributed by atoms with Crippen LogP contribution < -0.4 is 5.32 Å². The molecule has 0 spiro atoms. The maximum atomic E-state index is 12.5. The monoisotopic (exact) mass is 317 g/mol. The van der Waals surface area contributed by atoms with Crippen LogP contribution in [0.25, 0.3) is 0 Å². The molecule has 0 saturated carbocycles. The highest BCUT2D eigenvalue weighted by molar-refractivity contribution is 5.77. The van der Waals surface area contributed by atoms with Crippen LogP contribution in [0.4, 0.5) is 18.0 Å². The van der Waals surface area contributed by atoms with Crippen molar-refractivity contribution in [2.45, 2.75) is 45.0 Å². The van der Waals surface area contributed by atoms with Gasteiger partial charge in [-0.25, -0.2) is 4.79 Å². The molecule has 0 heterocycles. The number of nitrogens with one attached hydrogen (secondary N) is 1. The Balaban J connectivity index is 2.99. The molecule has 1 N–H and O–H groups in total. The minimum absolute atomic E-state index is 0.223. The molecule has 7 heteroatoms. The third-order valence-electron chi connectivity index (χ3n) is 2.81. The van der Waals surface area contributed by atoms with E-state index in [4.69, 9.17) is 4.74 Å². The van der Waals surface area contributed by atoms with E-state index in [2.05, 4.69) is 5.32 Å². The maximum Gasteiger partial charge on any atom is 0.416 e. The normalized spacial score (nSPS) is 14.9. The summed E-state index contributed by atoms with van der Waals surface area (Å²) in [5.74, 6) is 0. The number of alkyl halides is 3. The number of ether oxygens (including phenoxy) is 1. The lowest BCUT2D eigenvalue weighted by Gasteiger charge is -2.28. The summed E-state index contributed by atoms with van der Waals surface area (Å²) in [6.07, 6.45) is -4.85. The van der Waals surface area contributed by atoms with Gasteiger partial charge in [-0.15, -0.1) is 0 Å². The van der Waals surface area contributed by atoms with Crippen LogP contribution >= 0.6 is 0 Å². The fraction of sp³-hybridized carbons (Fsp3) is 0.467. The van der Waals surface area contributed by atoms with Crippen LogP contribution in [0.1, 0.15) is 38.8 Å². The SMILES string of the molecule is CC(C)(C)OC(=O)NC(C)(C=O)c1ccc(C(F)(F)F)cc1. The molecule has 1 unspecified atom stereocenters. The van der Waals surface area contributed by atoms with Gasteiger partial charge in [0.05, 0.1) is 5.56 Å². The van der Waals surface area contributed by atoms with Gasteiger partial charge < -0.3 is 14.8 Å². The van der Waals surface area contributed by atoms with Gasteiger partial charge in [0.2, 0.25) is 0 Å². The minimum Gasteiger partial charge on any atom is -0.444 e. The number of rotatable bonds is 3. The molecule has 122 valence electrons. The topological polar surface area (TPSA) is 55.4 Å². The van der Waals surface area contributed by atoms with E-state index in [1.54, 1.807) is 20.8 Å². The van der Waals surface area contributed by atoms with Crippen molar-refractivity contribution in [3.8, 4) is 0 Å². The van der Waals surface area contributed by atoms with Crippen LogP contribution in [-0.2, 0) is 21.2 Å². The zero-order valence-electron chi connectivity index (χ0n) is 12.7. The molecule has 0 aliphatic rings. The Hall–Kier alpha value is -2.05. The van der Waals surface area contributed by atoms with Crippen LogP contribution in [0.3, 0.4) is 0 Å². The summed E-state index contributed by atoms with van der Waals surface area (Å²) in [7, 11) is 0. The number of halogens is 3. The number of benzene rings is 1. The molecule has 0 aromatic heterocycles. The van der Waals surface area contributed by atoms with Crippen LogP contribution in [0.2, 0.25) is 0 Å². The van der Waals surface area contributed by atoms with Gasteiger partial charge in [0.15, 0.2) is 0 Å². The molecule has 0 bridgehead atoms. The summed E-state index contributed by atoms with van der Waals surface area (Å²) in [5, 5.41) is 2.36. The summed E-state index contributed by atoms with van der Waals surface area (Å²) >= 11 is 0. The predicted molar refractivity (Wildman–Crippen MR) is 74.2 cm³/mol. The zero-order valence-corrected chi connectivity index (χ0v) is 12.7. The van der Waals surface area contributed by atoms with Gasteiger partial charge in [0, 0.05) is 0 Å². The van der Waals surface area contributed by atoms with E-state index < -0.39 is 29.0 Å². The molecule has 0 aliphatic heterocycles. The van der Waals surface area contributed by atoms with Crippen molar-refractivity contribution >= 4 is 12.4 Å². The molecule has 0 fully saturated rings. The second kappa shape index (κ2) is 5.98. The van der Waals surface area contributed by atoms with E-state index in [0.29, 0.717) is 6.29 Å². The summed E-state index contributed by atoms with van der Waals surface area (Å²) in [5.41, 5.74) is -2.84. The number of alkyl carbamates (subject to hydrolysis) is 1. The van der Waals surface area contributed by atoms with Crippen molar-refractivity contribution < 1.29 is 27.5 Å². The predicted octanol–water partition coefficient (Wildman–Crippen LogP) is 3.64. The molecule has 22 heavy (non-hydrogen) atoms. The number of carbonyl (C=O) groups is 2. The first kappa shape index (κ1) is 18.0. The lowest BCUT2D eigenvalue weighted by Crippen LogP contribution is -2.46. The molecule has 1 amide bonds. The third kappa shape index (κ3) is 4.75. The van der Waals surface area contributed by atoms with Crippen molar-refractivity contribution in [1.29, 1.82) is 0 Å². The average molecular weight is 317 g/mol. The Morgan fingerprint density at radius 1 is 1.05 bits per heavy atom. The number of carbonyl (C=O) groups excluding carboxylic acids is 2. The van der Waals surface area contributed by atoms with Gasteiger partial charge >= 0.3 is 12.3 Å². The van der Waals surface area contributed by atoms with Gasteiger partial charge in [-0.05, 0) is 45.4 Å². The fourth-order valence-corrected chi connectivity index (χ4v) is 1.69. The van der Waals surface area contributed by atoms with Crippen molar-refractivity contribution in [2.24, 2.45) is 0 Å². The van der Waals surface area contributed by atoms with Crippen molar-refractivity contribution in [3.63, 3.8) is 0 Å². The van der Waals surface area contributed by atoms with Crippen LogP contribution in [0, 0.1) is 0 Å². The van der Waals surface area contributed by atoms with E-state index in [1.807, 2.05) is 0 Å². The van der Waals surface area contributed by atoms with Gasteiger partial charge in [-0.2, -0.15) is 13.2 Å². The van der Waals surface area contributed by atoms with Gasteiger partial charge in [0.1, 0.15) is 17.4 Å². The molecule has 0 aliphatic carbocycles. The van der Waals surface area contributed by atoms with E-state index >= 15 is 0 Å².